The van der Waals surface area contributed by atoms with Crippen LogP contribution in [0.1, 0.15) is 10.4 Å². The summed E-state index contributed by atoms with van der Waals surface area (Å²) < 4.78 is 46.2. The largest absolute Gasteiger partial charge is 0.488 e. The van der Waals surface area contributed by atoms with E-state index in [1.807, 2.05) is 0 Å². The minimum absolute atomic E-state index is 0.0882. The molecule has 7 nitrogen and oxygen atoms in total. The highest BCUT2D eigenvalue weighted by atomic mass is 19.4. The summed E-state index contributed by atoms with van der Waals surface area (Å²) in [7, 11) is 0. The topological polar surface area (TPSA) is 85.4 Å². The number of nitrogens with zero attached hydrogens (tertiary/aromatic N) is 2. The van der Waals surface area contributed by atoms with E-state index >= 15 is 0 Å². The zero-order valence-electron chi connectivity index (χ0n) is 13.4. The van der Waals surface area contributed by atoms with E-state index in [2.05, 4.69) is 25.3 Å². The zero-order chi connectivity index (χ0) is 18.6. The van der Waals surface area contributed by atoms with Gasteiger partial charge in [-0.15, -0.1) is 0 Å². The number of hydrogen-bond acceptors (Lipinski definition) is 6. The van der Waals surface area contributed by atoms with E-state index in [9.17, 15) is 18.0 Å². The van der Waals surface area contributed by atoms with Gasteiger partial charge in [-0.05, 0) is 24.3 Å². The Balaban J connectivity index is 1.53. The van der Waals surface area contributed by atoms with Crippen LogP contribution in [0.4, 0.5) is 18.9 Å². The average molecular weight is 368 g/mol. The van der Waals surface area contributed by atoms with E-state index in [-0.39, 0.29) is 11.7 Å². The molecule has 0 spiro atoms. The number of carbonyl (C=O) groups excluding carboxylic acids is 1. The molecule has 0 aliphatic carbocycles. The van der Waals surface area contributed by atoms with Crippen molar-refractivity contribution in [3.63, 3.8) is 0 Å². The van der Waals surface area contributed by atoms with Crippen molar-refractivity contribution in [1.29, 1.82) is 0 Å². The second kappa shape index (κ2) is 7.56. The first-order valence-electron chi connectivity index (χ1n) is 7.69. The molecule has 2 aromatic rings. The van der Waals surface area contributed by atoms with Gasteiger partial charge in [0.25, 0.3) is 5.91 Å². The van der Waals surface area contributed by atoms with Crippen molar-refractivity contribution in [2.75, 3.05) is 25.0 Å². The van der Waals surface area contributed by atoms with E-state index in [1.165, 1.54) is 0 Å². The number of anilines is 1. The van der Waals surface area contributed by atoms with Crippen LogP contribution in [0.3, 0.4) is 0 Å². The van der Waals surface area contributed by atoms with Crippen molar-refractivity contribution in [1.82, 2.24) is 15.3 Å². The van der Waals surface area contributed by atoms with Crippen molar-refractivity contribution in [2.24, 2.45) is 0 Å². The van der Waals surface area contributed by atoms with Crippen molar-refractivity contribution in [2.45, 2.75) is 12.3 Å². The molecule has 138 valence electrons. The summed E-state index contributed by atoms with van der Waals surface area (Å²) in [5, 5.41) is 5.73. The number of benzene rings is 1. The van der Waals surface area contributed by atoms with Gasteiger partial charge in [0.1, 0.15) is 11.9 Å². The molecular weight excluding hydrogens is 353 g/mol. The third-order valence-electron chi connectivity index (χ3n) is 3.41. The molecule has 0 bridgehead atoms. The molecule has 0 unspecified atom stereocenters. The Hall–Kier alpha value is -2.88. The predicted octanol–water partition coefficient (Wildman–Crippen LogP) is 2.02. The lowest BCUT2D eigenvalue weighted by molar-refractivity contribution is -0.154. The molecule has 2 heterocycles. The Labute approximate surface area is 146 Å². The fourth-order valence-electron chi connectivity index (χ4n) is 2.01. The van der Waals surface area contributed by atoms with Crippen LogP contribution in [0.5, 0.6) is 11.8 Å². The van der Waals surface area contributed by atoms with Gasteiger partial charge in [0.2, 0.25) is 0 Å². The van der Waals surface area contributed by atoms with Crippen LogP contribution >= 0.6 is 0 Å². The average Bonchev–Trinajstić information content (AvgIpc) is 2.57. The van der Waals surface area contributed by atoms with Gasteiger partial charge < -0.3 is 20.1 Å². The molecule has 0 saturated carbocycles. The Morgan fingerprint density at radius 1 is 1.19 bits per heavy atom. The molecule has 1 aromatic heterocycles. The smallest absolute Gasteiger partial charge is 0.422 e. The van der Waals surface area contributed by atoms with Gasteiger partial charge in [0.15, 0.2) is 6.61 Å². The van der Waals surface area contributed by atoms with Crippen molar-refractivity contribution >= 4 is 11.6 Å². The summed E-state index contributed by atoms with van der Waals surface area (Å²) in [5.74, 6) is 0.202. The molecule has 0 radical (unpaired) electrons. The monoisotopic (exact) mass is 368 g/mol. The number of halogens is 3. The van der Waals surface area contributed by atoms with Gasteiger partial charge in [0, 0.05) is 31.2 Å². The number of aromatic nitrogens is 2. The third-order valence-corrected chi connectivity index (χ3v) is 3.41. The van der Waals surface area contributed by atoms with Gasteiger partial charge in [-0.1, -0.05) is 0 Å². The highest BCUT2D eigenvalue weighted by Crippen LogP contribution is 2.19. The molecule has 10 heteroatoms. The SMILES string of the molecule is O=C(Nc1ccc(OC2CNC2)cc1)c1cnc(OCC(F)(F)F)nc1. The van der Waals surface area contributed by atoms with Crippen molar-refractivity contribution in [3.05, 3.63) is 42.2 Å². The summed E-state index contributed by atoms with van der Waals surface area (Å²) in [6.07, 6.45) is -2.14. The zero-order valence-corrected chi connectivity index (χ0v) is 13.4. The predicted molar refractivity (Wildman–Crippen MR) is 85.3 cm³/mol. The molecule has 2 N–H and O–H groups in total. The second-order valence-corrected chi connectivity index (χ2v) is 5.53. The number of carbonyl (C=O) groups is 1. The highest BCUT2D eigenvalue weighted by molar-refractivity contribution is 6.03. The lowest BCUT2D eigenvalue weighted by Crippen LogP contribution is -2.50. The van der Waals surface area contributed by atoms with Gasteiger partial charge in [0.05, 0.1) is 5.56 Å². The van der Waals surface area contributed by atoms with Crippen LogP contribution in [-0.4, -0.2) is 47.9 Å². The molecule has 1 aromatic carbocycles. The van der Waals surface area contributed by atoms with Crippen molar-refractivity contribution < 1.29 is 27.4 Å². The first-order chi connectivity index (χ1) is 12.4. The lowest BCUT2D eigenvalue weighted by atomic mass is 10.2. The van der Waals surface area contributed by atoms with Gasteiger partial charge in [-0.3, -0.25) is 4.79 Å². The quantitative estimate of drug-likeness (QED) is 0.812. The van der Waals surface area contributed by atoms with E-state index in [0.717, 1.165) is 25.5 Å². The molecule has 1 saturated heterocycles. The number of alkyl halides is 3. The van der Waals surface area contributed by atoms with Crippen LogP contribution in [0.25, 0.3) is 0 Å². The van der Waals surface area contributed by atoms with Crippen LogP contribution in [0.15, 0.2) is 36.7 Å². The molecule has 1 aliphatic heterocycles. The Morgan fingerprint density at radius 3 is 2.38 bits per heavy atom. The summed E-state index contributed by atoms with van der Waals surface area (Å²) in [5.41, 5.74) is 0.622. The Morgan fingerprint density at radius 2 is 1.85 bits per heavy atom. The molecule has 26 heavy (non-hydrogen) atoms. The highest BCUT2D eigenvalue weighted by Gasteiger charge is 2.29. The third kappa shape index (κ3) is 5.06. The number of hydrogen-bond donors (Lipinski definition) is 2. The van der Waals surface area contributed by atoms with Gasteiger partial charge >= 0.3 is 12.2 Å². The Kier molecular flexibility index (Phi) is 5.21. The van der Waals surface area contributed by atoms with Crippen molar-refractivity contribution in [3.8, 4) is 11.8 Å². The normalized spacial score (nSPS) is 14.4. The first-order valence-corrected chi connectivity index (χ1v) is 7.69. The fraction of sp³-hybridized carbons (Fsp3) is 0.312. The van der Waals surface area contributed by atoms with E-state index in [0.29, 0.717) is 11.4 Å². The molecule has 0 atom stereocenters. The molecule has 1 amide bonds. The summed E-state index contributed by atoms with van der Waals surface area (Å²) in [6.45, 7) is 0.117. The number of rotatable bonds is 6. The van der Waals surface area contributed by atoms with E-state index in [4.69, 9.17) is 4.74 Å². The number of amides is 1. The molecule has 3 rings (SSSR count). The minimum Gasteiger partial charge on any atom is -0.488 e. The maximum atomic E-state index is 12.1. The lowest BCUT2D eigenvalue weighted by Gasteiger charge is -2.27. The summed E-state index contributed by atoms with van der Waals surface area (Å²) in [4.78, 5) is 19.3. The van der Waals surface area contributed by atoms with Crippen LogP contribution < -0.4 is 20.1 Å². The first kappa shape index (κ1) is 17.9. The standard InChI is InChI=1S/C16H15F3N4O3/c17-16(18,19)9-25-15-21-5-10(6-22-15)14(24)23-11-1-3-12(4-2-11)26-13-7-20-8-13/h1-6,13,20H,7-9H2,(H,23,24). The minimum atomic E-state index is -4.48. The summed E-state index contributed by atoms with van der Waals surface area (Å²) in [6, 6.07) is 6.38. The van der Waals surface area contributed by atoms with Crippen LogP contribution in [0.2, 0.25) is 0 Å². The fourth-order valence-corrected chi connectivity index (χ4v) is 2.01. The van der Waals surface area contributed by atoms with Crippen LogP contribution in [-0.2, 0) is 0 Å². The maximum absolute atomic E-state index is 12.1. The van der Waals surface area contributed by atoms with E-state index in [1.54, 1.807) is 24.3 Å². The second-order valence-electron chi connectivity index (χ2n) is 5.53. The van der Waals surface area contributed by atoms with E-state index < -0.39 is 24.7 Å². The molecular formula is C16H15F3N4O3. The Bertz CT molecular complexity index is 747. The summed E-state index contributed by atoms with van der Waals surface area (Å²) >= 11 is 0. The van der Waals surface area contributed by atoms with Crippen LogP contribution in [0, 0.1) is 0 Å². The molecule has 1 aliphatic rings. The van der Waals surface area contributed by atoms with Gasteiger partial charge in [-0.2, -0.15) is 13.2 Å². The number of ether oxygens (including phenoxy) is 2. The molecule has 1 fully saturated rings. The maximum Gasteiger partial charge on any atom is 0.422 e. The van der Waals surface area contributed by atoms with Gasteiger partial charge in [-0.25, -0.2) is 9.97 Å². The number of nitrogens with one attached hydrogen (secondary N) is 2.